The molecule has 0 saturated heterocycles. The normalized spacial score (nSPS) is 13.8. The van der Waals surface area contributed by atoms with E-state index in [1.54, 1.807) is 6.92 Å². The fraction of sp³-hybridized carbons (Fsp3) is 0.500. The first-order chi connectivity index (χ1) is 8.49. The second-order valence-electron chi connectivity index (χ2n) is 4.11. The van der Waals surface area contributed by atoms with Crippen LogP contribution in [-0.2, 0) is 16.6 Å². The summed E-state index contributed by atoms with van der Waals surface area (Å²) in [6.45, 7) is 1.91. The molecule has 0 radical (unpaired) electrons. The first-order valence-electron chi connectivity index (χ1n) is 5.88. The summed E-state index contributed by atoms with van der Waals surface area (Å²) in [4.78, 5) is 0. The molecule has 0 spiro atoms. The molecule has 2 N–H and O–H groups in total. The van der Waals surface area contributed by atoms with Crippen molar-refractivity contribution >= 4 is 10.2 Å². The number of nitrogens with one attached hydrogen (secondary N) is 1. The van der Waals surface area contributed by atoms with Crippen molar-refractivity contribution in [2.75, 3.05) is 20.2 Å². The zero-order valence-corrected chi connectivity index (χ0v) is 11.5. The van der Waals surface area contributed by atoms with Gasteiger partial charge in [-0.15, -0.1) is 0 Å². The number of aliphatic hydroxyl groups is 1. The molecule has 18 heavy (non-hydrogen) atoms. The monoisotopic (exact) mass is 272 g/mol. The van der Waals surface area contributed by atoms with E-state index in [1.807, 2.05) is 30.3 Å². The molecule has 0 aliphatic carbocycles. The lowest BCUT2D eigenvalue weighted by molar-refractivity contribution is 0.254. The summed E-state index contributed by atoms with van der Waals surface area (Å²) in [6.07, 6.45) is 0.466. The van der Waals surface area contributed by atoms with Crippen molar-refractivity contribution in [3.05, 3.63) is 35.9 Å². The van der Waals surface area contributed by atoms with Crippen LogP contribution in [0.25, 0.3) is 0 Å². The van der Waals surface area contributed by atoms with Gasteiger partial charge in [-0.25, -0.2) is 0 Å². The lowest BCUT2D eigenvalue weighted by Gasteiger charge is -2.21. The van der Waals surface area contributed by atoms with Crippen molar-refractivity contribution in [1.29, 1.82) is 0 Å². The molecule has 0 unspecified atom stereocenters. The highest BCUT2D eigenvalue weighted by molar-refractivity contribution is 7.87. The maximum absolute atomic E-state index is 11.8. The highest BCUT2D eigenvalue weighted by atomic mass is 32.2. The molecule has 0 amide bonds. The largest absolute Gasteiger partial charge is 0.395 e. The van der Waals surface area contributed by atoms with Crippen molar-refractivity contribution in [2.24, 2.45) is 0 Å². The van der Waals surface area contributed by atoms with Gasteiger partial charge < -0.3 is 5.11 Å². The van der Waals surface area contributed by atoms with Gasteiger partial charge in [0.05, 0.1) is 12.6 Å². The minimum atomic E-state index is -3.52. The number of hydrogen-bond donors (Lipinski definition) is 2. The Labute approximate surface area is 109 Å². The summed E-state index contributed by atoms with van der Waals surface area (Å²) in [5, 5.41) is 9.26. The van der Waals surface area contributed by atoms with E-state index >= 15 is 0 Å². The van der Waals surface area contributed by atoms with Crippen LogP contribution >= 0.6 is 0 Å². The van der Waals surface area contributed by atoms with Crippen LogP contribution in [0, 0.1) is 0 Å². The number of benzene rings is 1. The Hall–Kier alpha value is -0.950. The smallest absolute Gasteiger partial charge is 0.279 e. The Morgan fingerprint density at radius 2 is 1.94 bits per heavy atom. The lowest BCUT2D eigenvalue weighted by Crippen LogP contribution is -2.46. The van der Waals surface area contributed by atoms with Gasteiger partial charge in [-0.05, 0) is 12.0 Å². The zero-order chi connectivity index (χ0) is 13.6. The Morgan fingerprint density at radius 1 is 1.33 bits per heavy atom. The van der Waals surface area contributed by atoms with E-state index in [1.165, 1.54) is 11.4 Å². The zero-order valence-electron chi connectivity index (χ0n) is 10.7. The van der Waals surface area contributed by atoms with Crippen LogP contribution in [0.4, 0.5) is 0 Å². The molecule has 1 aromatic rings. The van der Waals surface area contributed by atoms with E-state index in [0.717, 1.165) is 5.56 Å². The van der Waals surface area contributed by atoms with Crippen molar-refractivity contribution in [2.45, 2.75) is 19.4 Å². The van der Waals surface area contributed by atoms with Gasteiger partial charge in [0.2, 0.25) is 0 Å². The van der Waals surface area contributed by atoms with E-state index < -0.39 is 16.3 Å². The first-order valence-corrected chi connectivity index (χ1v) is 7.32. The van der Waals surface area contributed by atoms with Gasteiger partial charge in [0.25, 0.3) is 10.2 Å². The van der Waals surface area contributed by atoms with Crippen molar-refractivity contribution < 1.29 is 13.5 Å². The topological polar surface area (TPSA) is 69.6 Å². The number of aliphatic hydroxyl groups excluding tert-OH is 1. The van der Waals surface area contributed by atoms with Crippen LogP contribution in [0.5, 0.6) is 0 Å². The number of nitrogens with zero attached hydrogens (tertiary/aromatic N) is 1. The van der Waals surface area contributed by atoms with Crippen molar-refractivity contribution in [3.8, 4) is 0 Å². The summed E-state index contributed by atoms with van der Waals surface area (Å²) < 4.78 is 27.3. The molecular formula is C12H20N2O3S. The summed E-state index contributed by atoms with van der Waals surface area (Å²) in [5.74, 6) is 0. The van der Waals surface area contributed by atoms with Gasteiger partial charge in [-0.1, -0.05) is 37.3 Å². The van der Waals surface area contributed by atoms with Crippen LogP contribution in [0.2, 0.25) is 0 Å². The maximum Gasteiger partial charge on any atom is 0.279 e. The standard InChI is InChI=1S/C12H20N2O3S/c1-3-14(2)18(16,17)13-12(10-15)9-11-7-5-4-6-8-11/h4-8,12-13,15H,3,9-10H2,1-2H3/t12-/m0/s1. The van der Waals surface area contributed by atoms with Gasteiger partial charge in [0, 0.05) is 13.6 Å². The summed E-state index contributed by atoms with van der Waals surface area (Å²) in [6, 6.07) is 8.96. The van der Waals surface area contributed by atoms with E-state index in [0.29, 0.717) is 13.0 Å². The molecular weight excluding hydrogens is 252 g/mol. The summed E-state index contributed by atoms with van der Waals surface area (Å²) in [7, 11) is -2.02. The third kappa shape index (κ3) is 4.38. The Kier molecular flexibility index (Phi) is 5.74. The molecule has 1 rings (SSSR count). The molecule has 5 nitrogen and oxygen atoms in total. The van der Waals surface area contributed by atoms with Crippen LogP contribution in [0.15, 0.2) is 30.3 Å². The molecule has 0 aliphatic rings. The molecule has 0 bridgehead atoms. The predicted octanol–water partition coefficient (Wildman–Crippen LogP) is 0.376. The molecule has 102 valence electrons. The second kappa shape index (κ2) is 6.84. The molecule has 0 aliphatic heterocycles. The number of rotatable bonds is 7. The first kappa shape index (κ1) is 15.1. The molecule has 1 aromatic carbocycles. The quantitative estimate of drug-likeness (QED) is 0.754. The Bertz CT molecular complexity index is 448. The van der Waals surface area contributed by atoms with Crippen molar-refractivity contribution in [3.63, 3.8) is 0 Å². The van der Waals surface area contributed by atoms with E-state index in [2.05, 4.69) is 4.72 Å². The SMILES string of the molecule is CCN(C)S(=O)(=O)N[C@H](CO)Cc1ccccc1. The van der Waals surface area contributed by atoms with E-state index in [4.69, 9.17) is 0 Å². The van der Waals surface area contributed by atoms with Crippen molar-refractivity contribution in [1.82, 2.24) is 9.03 Å². The summed E-state index contributed by atoms with van der Waals surface area (Å²) >= 11 is 0. The Balaban J connectivity index is 2.69. The van der Waals surface area contributed by atoms with Crippen LogP contribution in [0.3, 0.4) is 0 Å². The van der Waals surface area contributed by atoms with Gasteiger partial charge in [0.15, 0.2) is 0 Å². The van der Waals surface area contributed by atoms with Crippen LogP contribution < -0.4 is 4.72 Å². The Morgan fingerprint density at radius 3 is 2.44 bits per heavy atom. The molecule has 0 fully saturated rings. The molecule has 0 heterocycles. The minimum Gasteiger partial charge on any atom is -0.395 e. The molecule has 0 saturated carbocycles. The average molecular weight is 272 g/mol. The fourth-order valence-corrected chi connectivity index (χ4v) is 2.61. The summed E-state index contributed by atoms with van der Waals surface area (Å²) in [5.41, 5.74) is 0.985. The second-order valence-corrected chi connectivity index (χ2v) is 5.92. The number of hydrogen-bond acceptors (Lipinski definition) is 3. The van der Waals surface area contributed by atoms with Gasteiger partial charge in [-0.2, -0.15) is 17.4 Å². The fourth-order valence-electron chi connectivity index (χ4n) is 1.51. The third-order valence-corrected chi connectivity index (χ3v) is 4.43. The van der Waals surface area contributed by atoms with Gasteiger partial charge >= 0.3 is 0 Å². The molecule has 6 heteroatoms. The van der Waals surface area contributed by atoms with Crippen LogP contribution in [-0.4, -0.2) is 44.1 Å². The molecule has 0 aromatic heterocycles. The van der Waals surface area contributed by atoms with E-state index in [9.17, 15) is 13.5 Å². The van der Waals surface area contributed by atoms with E-state index in [-0.39, 0.29) is 6.61 Å². The average Bonchev–Trinajstić information content (AvgIpc) is 2.37. The highest BCUT2D eigenvalue weighted by Crippen LogP contribution is 2.05. The third-order valence-electron chi connectivity index (χ3n) is 2.72. The maximum atomic E-state index is 11.8. The van der Waals surface area contributed by atoms with Gasteiger partial charge in [-0.3, -0.25) is 0 Å². The molecule has 1 atom stereocenters. The highest BCUT2D eigenvalue weighted by Gasteiger charge is 2.20. The van der Waals surface area contributed by atoms with Gasteiger partial charge in [0.1, 0.15) is 0 Å². The predicted molar refractivity (Wildman–Crippen MR) is 71.4 cm³/mol. The van der Waals surface area contributed by atoms with Crippen LogP contribution in [0.1, 0.15) is 12.5 Å². The lowest BCUT2D eigenvalue weighted by atomic mass is 10.1. The minimum absolute atomic E-state index is 0.230.